The summed E-state index contributed by atoms with van der Waals surface area (Å²) in [6.07, 6.45) is 5.58. The smallest absolute Gasteiger partial charge is 0.0958 e. The molecule has 1 aromatic carbocycles. The van der Waals surface area contributed by atoms with Crippen LogP contribution in [-0.2, 0) is 13.1 Å². The van der Waals surface area contributed by atoms with Crippen LogP contribution in [-0.4, -0.2) is 21.1 Å². The first-order valence-corrected chi connectivity index (χ1v) is 6.43. The van der Waals surface area contributed by atoms with Crippen molar-refractivity contribution in [2.75, 3.05) is 6.54 Å². The van der Waals surface area contributed by atoms with Crippen LogP contribution in [0.2, 0.25) is 0 Å². The van der Waals surface area contributed by atoms with Gasteiger partial charge in [-0.2, -0.15) is 0 Å². The summed E-state index contributed by atoms with van der Waals surface area (Å²) in [5, 5.41) is 3.42. The monoisotopic (exact) mass is 252 g/mol. The number of nitrogens with one attached hydrogen (secondary N) is 1. The Bertz CT molecular complexity index is 645. The van der Waals surface area contributed by atoms with E-state index in [1.54, 1.807) is 6.20 Å². The van der Waals surface area contributed by atoms with Crippen molar-refractivity contribution in [2.24, 2.45) is 0 Å². The first-order chi connectivity index (χ1) is 9.43. The van der Waals surface area contributed by atoms with E-state index in [-0.39, 0.29) is 0 Å². The first-order valence-electron chi connectivity index (χ1n) is 6.43. The molecule has 96 valence electrons. The molecule has 0 spiro atoms. The lowest BCUT2D eigenvalue weighted by atomic mass is 10.3. The van der Waals surface area contributed by atoms with Crippen molar-refractivity contribution in [3.63, 3.8) is 0 Å². The second-order valence-corrected chi connectivity index (χ2v) is 4.46. The molecule has 4 heteroatoms. The molecular formula is C15H16N4. The molecule has 0 saturated heterocycles. The van der Waals surface area contributed by atoms with E-state index in [0.29, 0.717) is 0 Å². The van der Waals surface area contributed by atoms with E-state index in [1.165, 1.54) is 11.1 Å². The summed E-state index contributed by atoms with van der Waals surface area (Å²) in [5.74, 6) is 0. The highest BCUT2D eigenvalue weighted by Crippen LogP contribution is 2.10. The summed E-state index contributed by atoms with van der Waals surface area (Å²) in [7, 11) is 0. The molecule has 3 rings (SSSR count). The minimum atomic E-state index is 0.848. The minimum Gasteiger partial charge on any atom is -0.329 e. The fourth-order valence-electron chi connectivity index (χ4n) is 2.12. The fourth-order valence-corrected chi connectivity index (χ4v) is 2.12. The van der Waals surface area contributed by atoms with Crippen LogP contribution in [0.4, 0.5) is 0 Å². The summed E-state index contributed by atoms with van der Waals surface area (Å²) in [5.41, 5.74) is 3.44. The zero-order chi connectivity index (χ0) is 12.9. The van der Waals surface area contributed by atoms with Crippen molar-refractivity contribution in [3.8, 4) is 0 Å². The molecule has 3 aromatic rings. The van der Waals surface area contributed by atoms with Gasteiger partial charge in [-0.05, 0) is 23.8 Å². The lowest BCUT2D eigenvalue weighted by Gasteiger charge is -2.06. The van der Waals surface area contributed by atoms with Gasteiger partial charge in [-0.1, -0.05) is 18.2 Å². The molecular weight excluding hydrogens is 236 g/mol. The SMILES string of the molecule is c1cncc(CNCCn2cnc3ccccc32)c1. The van der Waals surface area contributed by atoms with Gasteiger partial charge < -0.3 is 9.88 Å². The Morgan fingerprint density at radius 1 is 1.11 bits per heavy atom. The molecule has 4 nitrogen and oxygen atoms in total. The molecule has 0 aliphatic rings. The average molecular weight is 252 g/mol. The Kier molecular flexibility index (Phi) is 3.51. The van der Waals surface area contributed by atoms with Gasteiger partial charge in [-0.3, -0.25) is 4.98 Å². The van der Waals surface area contributed by atoms with Gasteiger partial charge in [0.2, 0.25) is 0 Å². The Morgan fingerprint density at radius 2 is 2.05 bits per heavy atom. The maximum atomic E-state index is 4.38. The predicted molar refractivity (Wildman–Crippen MR) is 75.7 cm³/mol. The van der Waals surface area contributed by atoms with Crippen LogP contribution in [0.3, 0.4) is 0 Å². The molecule has 2 heterocycles. The van der Waals surface area contributed by atoms with Crippen LogP contribution in [0.25, 0.3) is 11.0 Å². The van der Waals surface area contributed by atoms with Gasteiger partial charge in [-0.25, -0.2) is 4.98 Å². The zero-order valence-corrected chi connectivity index (χ0v) is 10.7. The average Bonchev–Trinajstić information content (AvgIpc) is 2.88. The Balaban J connectivity index is 1.55. The number of rotatable bonds is 5. The lowest BCUT2D eigenvalue weighted by Crippen LogP contribution is -2.19. The Labute approximate surface area is 112 Å². The van der Waals surface area contributed by atoms with E-state index in [4.69, 9.17) is 0 Å². The van der Waals surface area contributed by atoms with E-state index < -0.39 is 0 Å². The van der Waals surface area contributed by atoms with Crippen molar-refractivity contribution in [3.05, 3.63) is 60.7 Å². The van der Waals surface area contributed by atoms with Crippen molar-refractivity contribution < 1.29 is 0 Å². The number of hydrogen-bond acceptors (Lipinski definition) is 3. The van der Waals surface area contributed by atoms with Crippen molar-refractivity contribution in [1.29, 1.82) is 0 Å². The zero-order valence-electron chi connectivity index (χ0n) is 10.7. The summed E-state index contributed by atoms with van der Waals surface area (Å²) in [6.45, 7) is 2.68. The number of benzene rings is 1. The quantitative estimate of drug-likeness (QED) is 0.708. The lowest BCUT2D eigenvalue weighted by molar-refractivity contribution is 0.606. The van der Waals surface area contributed by atoms with Gasteiger partial charge in [0, 0.05) is 32.0 Å². The summed E-state index contributed by atoms with van der Waals surface area (Å²) in [4.78, 5) is 8.48. The highest BCUT2D eigenvalue weighted by Gasteiger charge is 2.00. The van der Waals surface area contributed by atoms with Crippen molar-refractivity contribution in [1.82, 2.24) is 19.9 Å². The molecule has 0 aliphatic heterocycles. The second kappa shape index (κ2) is 5.63. The minimum absolute atomic E-state index is 0.848. The standard InChI is InChI=1S/C15H16N4/c1-2-6-15-14(5-1)18-12-19(15)9-8-17-11-13-4-3-7-16-10-13/h1-7,10,12,17H,8-9,11H2. The van der Waals surface area contributed by atoms with Crippen LogP contribution >= 0.6 is 0 Å². The molecule has 0 saturated carbocycles. The van der Waals surface area contributed by atoms with Crippen LogP contribution in [0.15, 0.2) is 55.1 Å². The van der Waals surface area contributed by atoms with Gasteiger partial charge >= 0.3 is 0 Å². The van der Waals surface area contributed by atoms with Crippen molar-refractivity contribution >= 4 is 11.0 Å². The molecule has 1 N–H and O–H groups in total. The Hall–Kier alpha value is -2.20. The fraction of sp³-hybridized carbons (Fsp3) is 0.200. The van der Waals surface area contributed by atoms with Crippen LogP contribution < -0.4 is 5.32 Å². The van der Waals surface area contributed by atoms with Crippen LogP contribution in [0.1, 0.15) is 5.56 Å². The number of hydrogen-bond donors (Lipinski definition) is 1. The number of nitrogens with zero attached hydrogens (tertiary/aromatic N) is 3. The van der Waals surface area contributed by atoms with Gasteiger partial charge in [0.1, 0.15) is 0 Å². The second-order valence-electron chi connectivity index (χ2n) is 4.46. The number of pyridine rings is 1. The third-order valence-electron chi connectivity index (χ3n) is 3.11. The highest BCUT2D eigenvalue weighted by molar-refractivity contribution is 5.74. The maximum absolute atomic E-state index is 4.38. The predicted octanol–water partition coefficient (Wildman–Crippen LogP) is 2.22. The van der Waals surface area contributed by atoms with Gasteiger partial charge in [0.15, 0.2) is 0 Å². The van der Waals surface area contributed by atoms with Gasteiger partial charge in [0.25, 0.3) is 0 Å². The largest absolute Gasteiger partial charge is 0.329 e. The number of para-hydroxylation sites is 2. The molecule has 0 bridgehead atoms. The number of imidazole rings is 1. The van der Waals surface area contributed by atoms with Gasteiger partial charge in [0.05, 0.1) is 17.4 Å². The molecule has 0 unspecified atom stereocenters. The maximum Gasteiger partial charge on any atom is 0.0958 e. The first kappa shape index (κ1) is 11.9. The van der Waals surface area contributed by atoms with E-state index in [1.807, 2.05) is 36.8 Å². The van der Waals surface area contributed by atoms with E-state index in [9.17, 15) is 0 Å². The summed E-state index contributed by atoms with van der Waals surface area (Å²) >= 11 is 0. The van der Waals surface area contributed by atoms with Crippen LogP contribution in [0.5, 0.6) is 0 Å². The van der Waals surface area contributed by atoms with E-state index in [0.717, 1.165) is 25.2 Å². The molecule has 19 heavy (non-hydrogen) atoms. The topological polar surface area (TPSA) is 42.7 Å². The third kappa shape index (κ3) is 2.80. The molecule has 0 radical (unpaired) electrons. The molecule has 0 atom stereocenters. The van der Waals surface area contributed by atoms with Gasteiger partial charge in [-0.15, -0.1) is 0 Å². The van der Waals surface area contributed by atoms with Crippen molar-refractivity contribution in [2.45, 2.75) is 13.1 Å². The molecule has 2 aromatic heterocycles. The highest BCUT2D eigenvalue weighted by atomic mass is 15.1. The Morgan fingerprint density at radius 3 is 2.95 bits per heavy atom. The summed E-state index contributed by atoms with van der Waals surface area (Å²) < 4.78 is 2.17. The number of aromatic nitrogens is 3. The molecule has 0 fully saturated rings. The van der Waals surface area contributed by atoms with E-state index >= 15 is 0 Å². The molecule has 0 amide bonds. The summed E-state index contributed by atoms with van der Waals surface area (Å²) in [6, 6.07) is 12.2. The van der Waals surface area contributed by atoms with Crippen LogP contribution in [0, 0.1) is 0 Å². The number of fused-ring (bicyclic) bond motifs is 1. The van der Waals surface area contributed by atoms with E-state index in [2.05, 4.69) is 32.0 Å². The molecule has 0 aliphatic carbocycles. The normalized spacial score (nSPS) is 10.9. The third-order valence-corrected chi connectivity index (χ3v) is 3.11.